The molecule has 0 fully saturated rings. The molecule has 54 heavy (non-hydrogen) atoms. The average molecular weight is 728 g/mol. The van der Waals surface area contributed by atoms with Gasteiger partial charge in [-0.2, -0.15) is 0 Å². The van der Waals surface area contributed by atoms with Crippen LogP contribution in [-0.2, 0) is 5.41 Å². The van der Waals surface area contributed by atoms with E-state index in [-0.39, 0.29) is 5.41 Å². The van der Waals surface area contributed by atoms with E-state index in [9.17, 15) is 0 Å². The molecule has 0 atom stereocenters. The minimum atomic E-state index is -2.91. The number of anilines is 3. The molecule has 0 saturated carbocycles. The van der Waals surface area contributed by atoms with Crippen LogP contribution < -0.4 is 25.6 Å². The maximum atomic E-state index is 5.14. The Bertz CT molecular complexity index is 2770. The first kappa shape index (κ1) is 32.5. The highest BCUT2D eigenvalue weighted by Crippen LogP contribution is 2.53. The summed E-state index contributed by atoms with van der Waals surface area (Å²) in [6, 6.07) is 64.8. The van der Waals surface area contributed by atoms with E-state index in [0.717, 1.165) is 22.8 Å². The van der Waals surface area contributed by atoms with Crippen molar-refractivity contribution in [2.24, 2.45) is 0 Å². The second-order valence-electron chi connectivity index (χ2n) is 14.6. The lowest BCUT2D eigenvalue weighted by atomic mass is 9.74. The molecule has 258 valence electrons. The van der Waals surface area contributed by atoms with E-state index in [1.54, 1.807) is 0 Å². The number of fused-ring (bicyclic) bond motifs is 5. The van der Waals surface area contributed by atoms with Gasteiger partial charge in [-0.25, -0.2) is 4.98 Å². The molecule has 1 aliphatic rings. The van der Waals surface area contributed by atoms with Crippen LogP contribution in [-0.4, -0.2) is 18.0 Å². The van der Waals surface area contributed by atoms with Crippen LogP contribution in [0, 0.1) is 0 Å². The van der Waals surface area contributed by atoms with Gasteiger partial charge in [-0.15, -0.1) is 11.3 Å². The van der Waals surface area contributed by atoms with Gasteiger partial charge < -0.3 is 0 Å². The Morgan fingerprint density at radius 1 is 0.500 bits per heavy atom. The molecule has 3 nitrogen and oxygen atoms in total. The average Bonchev–Trinajstić information content (AvgIpc) is 3.60. The molecule has 1 aliphatic heterocycles. The summed E-state index contributed by atoms with van der Waals surface area (Å²) in [6.07, 6.45) is 3.81. The van der Waals surface area contributed by atoms with Gasteiger partial charge >= 0.3 is 0 Å². The second-order valence-corrected chi connectivity index (χ2v) is 19.5. The maximum Gasteiger partial charge on any atom is 0.179 e. The third-order valence-electron chi connectivity index (χ3n) is 11.3. The zero-order valence-electron chi connectivity index (χ0n) is 30.1. The van der Waals surface area contributed by atoms with Crippen LogP contribution in [0.4, 0.5) is 17.2 Å². The van der Waals surface area contributed by atoms with Crippen molar-refractivity contribution in [3.05, 3.63) is 199 Å². The Hall–Kier alpha value is -6.14. The highest BCUT2D eigenvalue weighted by atomic mass is 32.1. The van der Waals surface area contributed by atoms with Crippen LogP contribution in [0.2, 0.25) is 0 Å². The summed E-state index contributed by atoms with van der Waals surface area (Å²) < 4.78 is 2.60. The van der Waals surface area contributed by atoms with Crippen LogP contribution in [0.15, 0.2) is 188 Å². The van der Waals surface area contributed by atoms with E-state index in [2.05, 4.69) is 189 Å². The molecule has 0 N–H and O–H groups in total. The highest BCUT2D eigenvalue weighted by Gasteiger charge is 2.43. The molecular weight excluding hydrogens is 691 g/mol. The number of benzene rings is 6. The Labute approximate surface area is 320 Å². The molecule has 0 spiro atoms. The predicted molar refractivity (Wildman–Crippen MR) is 231 cm³/mol. The Morgan fingerprint density at radius 2 is 1.17 bits per heavy atom. The van der Waals surface area contributed by atoms with Crippen molar-refractivity contribution in [1.82, 2.24) is 9.97 Å². The summed E-state index contributed by atoms with van der Waals surface area (Å²) in [4.78, 5) is 12.3. The molecular formula is C49H37N3SSi. The first-order chi connectivity index (χ1) is 26.5. The van der Waals surface area contributed by atoms with Crippen molar-refractivity contribution < 1.29 is 0 Å². The number of nitrogens with zero attached hydrogens (tertiary/aromatic N) is 3. The maximum absolute atomic E-state index is 5.14. The molecule has 5 heteroatoms. The molecule has 3 aromatic heterocycles. The zero-order chi connectivity index (χ0) is 36.3. The summed E-state index contributed by atoms with van der Waals surface area (Å²) in [5.74, 6) is 0.983. The fourth-order valence-corrected chi connectivity index (χ4v) is 14.7. The molecule has 0 bridgehead atoms. The van der Waals surface area contributed by atoms with Crippen molar-refractivity contribution >= 4 is 77.5 Å². The number of hydrogen-bond donors (Lipinski definition) is 0. The topological polar surface area (TPSA) is 29.0 Å². The normalized spacial score (nSPS) is 13.5. The summed E-state index contributed by atoms with van der Waals surface area (Å²) in [7, 11) is -2.91. The van der Waals surface area contributed by atoms with E-state index < -0.39 is 8.07 Å². The van der Waals surface area contributed by atoms with Gasteiger partial charge in [0.1, 0.15) is 5.82 Å². The SMILES string of the molecule is CC1(C)c2cc3c(cc2N(c2cccc([Si](c4ccccc4)(c4ccccc4)c4cccc(-c5ccccn5)c4)c2)c2ncccc21)sc1ccccc13. The van der Waals surface area contributed by atoms with Crippen molar-refractivity contribution in [3.63, 3.8) is 0 Å². The number of hydrogen-bond acceptors (Lipinski definition) is 4. The van der Waals surface area contributed by atoms with Crippen molar-refractivity contribution in [2.75, 3.05) is 4.90 Å². The van der Waals surface area contributed by atoms with Gasteiger partial charge in [0.2, 0.25) is 0 Å². The van der Waals surface area contributed by atoms with Crippen LogP contribution in [0.5, 0.6) is 0 Å². The van der Waals surface area contributed by atoms with E-state index in [4.69, 9.17) is 9.97 Å². The monoisotopic (exact) mass is 727 g/mol. The van der Waals surface area contributed by atoms with E-state index >= 15 is 0 Å². The van der Waals surface area contributed by atoms with Gasteiger partial charge in [0.15, 0.2) is 8.07 Å². The molecule has 0 aliphatic carbocycles. The van der Waals surface area contributed by atoms with Gasteiger partial charge in [0.25, 0.3) is 0 Å². The molecule has 6 aromatic carbocycles. The summed E-state index contributed by atoms with van der Waals surface area (Å²) in [6.45, 7) is 4.69. The van der Waals surface area contributed by atoms with Crippen molar-refractivity contribution in [3.8, 4) is 11.3 Å². The predicted octanol–water partition coefficient (Wildman–Crippen LogP) is 10.00. The van der Waals surface area contributed by atoms with Crippen LogP contribution in [0.25, 0.3) is 31.4 Å². The molecule has 10 rings (SSSR count). The molecule has 0 saturated heterocycles. The Balaban J connectivity index is 1.25. The standard InChI is InChI=1S/C49H37N3SSi/c1-49(2)42-25-15-29-51-48(42)52(45-33-47-41(32-43(45)49)40-24-9-10-27-46(40)53-47)35-17-14-23-39(31-35)54(36-18-5-3-6-19-36,37-20-7-4-8-21-37)38-22-13-16-34(30-38)44-26-11-12-28-50-44/h3-33H,1-2H3. The van der Waals surface area contributed by atoms with Gasteiger partial charge in [-0.3, -0.25) is 9.88 Å². The molecule has 9 aromatic rings. The van der Waals surface area contributed by atoms with Crippen molar-refractivity contribution in [1.29, 1.82) is 0 Å². The van der Waals surface area contributed by atoms with Crippen LogP contribution in [0.1, 0.15) is 25.0 Å². The first-order valence-electron chi connectivity index (χ1n) is 18.5. The fourth-order valence-electron chi connectivity index (χ4n) is 8.73. The number of thiophene rings is 1. The lowest BCUT2D eigenvalue weighted by molar-refractivity contribution is 0.628. The number of rotatable bonds is 6. The third kappa shape index (κ3) is 5.00. The van der Waals surface area contributed by atoms with Crippen molar-refractivity contribution in [2.45, 2.75) is 19.3 Å². The minimum Gasteiger partial charge on any atom is -0.294 e. The van der Waals surface area contributed by atoms with Crippen LogP contribution >= 0.6 is 11.3 Å². The van der Waals surface area contributed by atoms with E-state index in [0.29, 0.717) is 0 Å². The lowest BCUT2D eigenvalue weighted by Gasteiger charge is -2.41. The summed E-state index contributed by atoms with van der Waals surface area (Å²) >= 11 is 1.87. The molecule has 4 heterocycles. The summed E-state index contributed by atoms with van der Waals surface area (Å²) in [5.41, 5.74) is 6.66. The first-order valence-corrected chi connectivity index (χ1v) is 21.3. The van der Waals surface area contributed by atoms with E-state index in [1.165, 1.54) is 57.7 Å². The minimum absolute atomic E-state index is 0.247. The summed E-state index contributed by atoms with van der Waals surface area (Å²) in [5, 5.41) is 7.91. The lowest BCUT2D eigenvalue weighted by Crippen LogP contribution is -2.74. The third-order valence-corrected chi connectivity index (χ3v) is 17.2. The number of pyridine rings is 2. The zero-order valence-corrected chi connectivity index (χ0v) is 32.0. The quantitative estimate of drug-likeness (QED) is 0.126. The van der Waals surface area contributed by atoms with Gasteiger partial charge in [-0.05, 0) is 74.8 Å². The van der Waals surface area contributed by atoms with E-state index in [1.807, 2.05) is 29.8 Å². The van der Waals surface area contributed by atoms with Gasteiger partial charge in [-0.1, -0.05) is 141 Å². The second kappa shape index (κ2) is 12.8. The molecule has 0 radical (unpaired) electrons. The Morgan fingerprint density at radius 3 is 1.93 bits per heavy atom. The highest BCUT2D eigenvalue weighted by molar-refractivity contribution is 7.25. The fraction of sp³-hybridized carbons (Fsp3) is 0.0612. The number of aromatic nitrogens is 2. The Kier molecular flexibility index (Phi) is 7.68. The largest absolute Gasteiger partial charge is 0.294 e. The molecule has 0 unspecified atom stereocenters. The van der Waals surface area contributed by atoms with Gasteiger partial charge in [0, 0.05) is 54.8 Å². The van der Waals surface area contributed by atoms with Gasteiger partial charge in [0.05, 0.1) is 11.4 Å². The van der Waals surface area contributed by atoms with Crippen LogP contribution in [0.3, 0.4) is 0 Å². The smallest absolute Gasteiger partial charge is 0.179 e. The molecule has 0 amide bonds.